The molecule has 2 amide bonds. The fourth-order valence-corrected chi connectivity index (χ4v) is 2.30. The first kappa shape index (κ1) is 13.0. The molecule has 5 nitrogen and oxygen atoms in total. The van der Waals surface area contributed by atoms with Gasteiger partial charge in [0.2, 0.25) is 5.91 Å². The van der Waals surface area contributed by atoms with Crippen LogP contribution in [0.1, 0.15) is 20.3 Å². The van der Waals surface area contributed by atoms with E-state index < -0.39 is 6.04 Å². The van der Waals surface area contributed by atoms with E-state index >= 15 is 0 Å². The van der Waals surface area contributed by atoms with E-state index in [0.29, 0.717) is 5.82 Å². The van der Waals surface area contributed by atoms with E-state index in [1.807, 2.05) is 13.8 Å². The van der Waals surface area contributed by atoms with E-state index in [4.69, 9.17) is 0 Å². The minimum atomic E-state index is -0.512. The minimum absolute atomic E-state index is 0.104. The lowest BCUT2D eigenvalue weighted by molar-refractivity contribution is -0.140. The third-order valence-corrected chi connectivity index (χ3v) is 3.24. The van der Waals surface area contributed by atoms with Crippen molar-refractivity contribution in [3.63, 3.8) is 0 Å². The molecule has 96 valence electrons. The van der Waals surface area contributed by atoms with Gasteiger partial charge in [0.1, 0.15) is 11.9 Å². The Balaban J connectivity index is 2.12. The molecule has 1 aliphatic rings. The summed E-state index contributed by atoms with van der Waals surface area (Å²) in [4.78, 5) is 29.2. The number of halogens is 1. The standard InChI is InChI=1S/C12H14BrN3O2/c1-7(2)16-11(17)6-9(12(16)18)15-10-5-8(13)3-4-14-10/h3-5,7,9H,6H2,1-2H3,(H,14,15). The number of anilines is 1. The number of hydrogen-bond donors (Lipinski definition) is 1. The number of aromatic nitrogens is 1. The molecule has 1 unspecified atom stereocenters. The molecular weight excluding hydrogens is 298 g/mol. The molecule has 0 aromatic carbocycles. The highest BCUT2D eigenvalue weighted by Crippen LogP contribution is 2.20. The molecule has 1 N–H and O–H groups in total. The number of rotatable bonds is 3. The molecule has 2 rings (SSSR count). The summed E-state index contributed by atoms with van der Waals surface area (Å²) >= 11 is 3.33. The second-order valence-corrected chi connectivity index (χ2v) is 5.37. The Morgan fingerprint density at radius 3 is 2.78 bits per heavy atom. The molecule has 1 atom stereocenters. The second-order valence-electron chi connectivity index (χ2n) is 4.46. The number of imide groups is 1. The first-order valence-corrected chi connectivity index (χ1v) is 6.52. The van der Waals surface area contributed by atoms with Crippen molar-refractivity contribution in [1.82, 2.24) is 9.88 Å². The smallest absolute Gasteiger partial charge is 0.252 e. The van der Waals surface area contributed by atoms with E-state index in [1.165, 1.54) is 4.90 Å². The molecule has 1 aliphatic heterocycles. The van der Waals surface area contributed by atoms with Gasteiger partial charge in [-0.3, -0.25) is 14.5 Å². The fraction of sp³-hybridized carbons (Fsp3) is 0.417. The highest BCUT2D eigenvalue weighted by molar-refractivity contribution is 9.10. The van der Waals surface area contributed by atoms with E-state index in [1.54, 1.807) is 18.3 Å². The Morgan fingerprint density at radius 2 is 2.22 bits per heavy atom. The molecule has 1 aromatic rings. The van der Waals surface area contributed by atoms with Crippen molar-refractivity contribution >= 4 is 33.6 Å². The van der Waals surface area contributed by atoms with E-state index in [9.17, 15) is 9.59 Å². The summed E-state index contributed by atoms with van der Waals surface area (Å²) in [6.45, 7) is 3.66. The van der Waals surface area contributed by atoms with Gasteiger partial charge >= 0.3 is 0 Å². The van der Waals surface area contributed by atoms with Gasteiger partial charge in [-0.15, -0.1) is 0 Å². The summed E-state index contributed by atoms with van der Waals surface area (Å²) in [6.07, 6.45) is 1.82. The van der Waals surface area contributed by atoms with Crippen LogP contribution in [-0.4, -0.2) is 33.8 Å². The maximum Gasteiger partial charge on any atom is 0.252 e. The van der Waals surface area contributed by atoms with Crippen molar-refractivity contribution in [2.75, 3.05) is 5.32 Å². The predicted molar refractivity (Wildman–Crippen MR) is 71.0 cm³/mol. The lowest BCUT2D eigenvalue weighted by Crippen LogP contribution is -2.39. The molecule has 1 fully saturated rings. The number of nitrogens with one attached hydrogen (secondary N) is 1. The highest BCUT2D eigenvalue weighted by Gasteiger charge is 2.39. The van der Waals surface area contributed by atoms with Gasteiger partial charge in [-0.1, -0.05) is 15.9 Å². The summed E-state index contributed by atoms with van der Waals surface area (Å²) in [6, 6.07) is 2.96. The van der Waals surface area contributed by atoms with Gasteiger partial charge < -0.3 is 5.32 Å². The van der Waals surface area contributed by atoms with Crippen LogP contribution in [0.4, 0.5) is 5.82 Å². The van der Waals surface area contributed by atoms with Crippen molar-refractivity contribution in [1.29, 1.82) is 0 Å². The molecule has 0 spiro atoms. The van der Waals surface area contributed by atoms with Crippen LogP contribution < -0.4 is 5.32 Å². The predicted octanol–water partition coefficient (Wildman–Crippen LogP) is 1.79. The molecule has 2 heterocycles. The van der Waals surface area contributed by atoms with Gasteiger partial charge in [0.25, 0.3) is 5.91 Å². The minimum Gasteiger partial charge on any atom is -0.358 e. The maximum absolute atomic E-state index is 12.0. The first-order valence-electron chi connectivity index (χ1n) is 5.73. The summed E-state index contributed by atoms with van der Waals surface area (Å²) in [7, 11) is 0. The number of nitrogens with zero attached hydrogens (tertiary/aromatic N) is 2. The molecule has 18 heavy (non-hydrogen) atoms. The van der Waals surface area contributed by atoms with Crippen LogP contribution in [0.15, 0.2) is 22.8 Å². The van der Waals surface area contributed by atoms with Crippen LogP contribution in [0.5, 0.6) is 0 Å². The third kappa shape index (κ3) is 2.53. The monoisotopic (exact) mass is 311 g/mol. The molecule has 1 saturated heterocycles. The summed E-state index contributed by atoms with van der Waals surface area (Å²) in [5, 5.41) is 2.99. The van der Waals surface area contributed by atoms with Crippen LogP contribution >= 0.6 is 15.9 Å². The molecule has 0 radical (unpaired) electrons. The van der Waals surface area contributed by atoms with Crippen molar-refractivity contribution in [2.24, 2.45) is 0 Å². The molecule has 1 aromatic heterocycles. The van der Waals surface area contributed by atoms with Crippen LogP contribution in [0, 0.1) is 0 Å². The lowest BCUT2D eigenvalue weighted by Gasteiger charge is -2.19. The summed E-state index contributed by atoms with van der Waals surface area (Å²) in [5.74, 6) is 0.264. The van der Waals surface area contributed by atoms with Gasteiger partial charge in [-0.05, 0) is 26.0 Å². The fourth-order valence-electron chi connectivity index (χ4n) is 1.97. The third-order valence-electron chi connectivity index (χ3n) is 2.74. The van der Waals surface area contributed by atoms with Crippen LogP contribution in [0.3, 0.4) is 0 Å². The van der Waals surface area contributed by atoms with Crippen LogP contribution in [-0.2, 0) is 9.59 Å². The number of likely N-dealkylation sites (tertiary alicyclic amines) is 1. The van der Waals surface area contributed by atoms with Crippen LogP contribution in [0.25, 0.3) is 0 Å². The SMILES string of the molecule is CC(C)N1C(=O)CC(Nc2cc(Br)ccn2)C1=O. The zero-order chi connectivity index (χ0) is 13.3. The van der Waals surface area contributed by atoms with E-state index in [-0.39, 0.29) is 24.3 Å². The number of carbonyl (C=O) groups excluding carboxylic acids is 2. The Labute approximate surface area is 114 Å². The van der Waals surface area contributed by atoms with E-state index in [2.05, 4.69) is 26.2 Å². The Kier molecular flexibility index (Phi) is 3.65. The Bertz CT molecular complexity index is 490. The molecule has 6 heteroatoms. The summed E-state index contributed by atoms with van der Waals surface area (Å²) in [5.41, 5.74) is 0. The van der Waals surface area contributed by atoms with Gasteiger partial charge in [0.15, 0.2) is 0 Å². The zero-order valence-corrected chi connectivity index (χ0v) is 11.8. The zero-order valence-electron chi connectivity index (χ0n) is 10.2. The maximum atomic E-state index is 12.0. The van der Waals surface area contributed by atoms with Gasteiger partial charge in [-0.2, -0.15) is 0 Å². The van der Waals surface area contributed by atoms with Crippen molar-refractivity contribution < 1.29 is 9.59 Å². The number of hydrogen-bond acceptors (Lipinski definition) is 4. The van der Waals surface area contributed by atoms with Gasteiger partial charge in [0.05, 0.1) is 6.42 Å². The molecule has 0 saturated carbocycles. The second kappa shape index (κ2) is 5.06. The van der Waals surface area contributed by atoms with Crippen molar-refractivity contribution in [3.8, 4) is 0 Å². The normalized spacial score (nSPS) is 19.8. The van der Waals surface area contributed by atoms with Crippen molar-refractivity contribution in [3.05, 3.63) is 22.8 Å². The number of pyridine rings is 1. The van der Waals surface area contributed by atoms with E-state index in [0.717, 1.165) is 4.47 Å². The Hall–Kier alpha value is -1.43. The molecule has 0 aliphatic carbocycles. The van der Waals surface area contributed by atoms with Crippen LogP contribution in [0.2, 0.25) is 0 Å². The largest absolute Gasteiger partial charge is 0.358 e. The van der Waals surface area contributed by atoms with Gasteiger partial charge in [-0.25, -0.2) is 4.98 Å². The lowest BCUT2D eigenvalue weighted by atomic mass is 10.2. The first-order chi connectivity index (χ1) is 8.49. The summed E-state index contributed by atoms with van der Waals surface area (Å²) < 4.78 is 0.873. The molecule has 0 bridgehead atoms. The van der Waals surface area contributed by atoms with Gasteiger partial charge in [0, 0.05) is 16.7 Å². The molecular formula is C12H14BrN3O2. The highest BCUT2D eigenvalue weighted by atomic mass is 79.9. The topological polar surface area (TPSA) is 62.3 Å². The Morgan fingerprint density at radius 1 is 1.50 bits per heavy atom. The van der Waals surface area contributed by atoms with Crippen molar-refractivity contribution in [2.45, 2.75) is 32.4 Å². The average Bonchev–Trinajstić information content (AvgIpc) is 2.54. The number of carbonyl (C=O) groups is 2. The average molecular weight is 312 g/mol. The number of amides is 2. The quantitative estimate of drug-likeness (QED) is 0.865.